The Hall–Kier alpha value is -0.0400. The fraction of sp³-hybridized carbons (Fsp3) is 1.00. The molecular formula is C11H22O. The fourth-order valence-electron chi connectivity index (χ4n) is 3.80. The van der Waals surface area contributed by atoms with Crippen LogP contribution < -0.4 is 0 Å². The summed E-state index contributed by atoms with van der Waals surface area (Å²) in [4.78, 5) is 0. The molecular weight excluding hydrogens is 148 g/mol. The van der Waals surface area contributed by atoms with Crippen LogP contribution in [-0.2, 0) is 0 Å². The lowest BCUT2D eigenvalue weighted by Crippen LogP contribution is -2.29. The monoisotopic (exact) mass is 170 g/mol. The first kappa shape index (κ1) is 10.0. The third-order valence-electron chi connectivity index (χ3n) is 3.68. The summed E-state index contributed by atoms with van der Waals surface area (Å²) in [5.74, 6) is 1.07. The van der Waals surface area contributed by atoms with E-state index in [1.54, 1.807) is 0 Å². The van der Waals surface area contributed by atoms with E-state index in [2.05, 4.69) is 20.8 Å². The molecule has 2 rings (SSSR count). The van der Waals surface area contributed by atoms with E-state index in [-0.39, 0.29) is 5.48 Å². The van der Waals surface area contributed by atoms with Gasteiger partial charge in [-0.15, -0.1) is 0 Å². The van der Waals surface area contributed by atoms with Gasteiger partial charge < -0.3 is 5.48 Å². The van der Waals surface area contributed by atoms with Crippen molar-refractivity contribution in [3.63, 3.8) is 0 Å². The molecule has 2 aliphatic carbocycles. The molecule has 1 nitrogen and oxygen atoms in total. The maximum Gasteiger partial charge on any atom is -0.0318 e. The van der Waals surface area contributed by atoms with Crippen LogP contribution in [-0.4, -0.2) is 5.48 Å². The quantitative estimate of drug-likeness (QED) is 0.535. The van der Waals surface area contributed by atoms with Gasteiger partial charge in [0.2, 0.25) is 0 Å². The van der Waals surface area contributed by atoms with Gasteiger partial charge in [0.1, 0.15) is 0 Å². The molecule has 0 aromatic rings. The SMILES string of the molecule is CC1(C)CC2CCC(C)(C2)C1.O. The van der Waals surface area contributed by atoms with Gasteiger partial charge in [0.05, 0.1) is 0 Å². The Labute approximate surface area is 75.9 Å². The van der Waals surface area contributed by atoms with Crippen molar-refractivity contribution < 1.29 is 5.48 Å². The molecule has 2 bridgehead atoms. The van der Waals surface area contributed by atoms with Gasteiger partial charge >= 0.3 is 0 Å². The van der Waals surface area contributed by atoms with Gasteiger partial charge in [0.25, 0.3) is 0 Å². The zero-order valence-corrected chi connectivity index (χ0v) is 8.61. The molecule has 0 spiro atoms. The molecule has 0 aliphatic heterocycles. The summed E-state index contributed by atoms with van der Waals surface area (Å²) in [5, 5.41) is 0. The second kappa shape index (κ2) is 2.73. The summed E-state index contributed by atoms with van der Waals surface area (Å²) < 4.78 is 0. The van der Waals surface area contributed by atoms with Gasteiger partial charge in [-0.3, -0.25) is 0 Å². The van der Waals surface area contributed by atoms with Crippen LogP contribution >= 0.6 is 0 Å². The van der Waals surface area contributed by atoms with E-state index in [0.29, 0.717) is 5.41 Å². The Balaban J connectivity index is 0.000000720. The van der Waals surface area contributed by atoms with Crippen LogP contribution in [0, 0.1) is 16.7 Å². The summed E-state index contributed by atoms with van der Waals surface area (Å²) in [6.45, 7) is 7.39. The van der Waals surface area contributed by atoms with Crippen molar-refractivity contribution in [1.29, 1.82) is 0 Å². The Morgan fingerprint density at radius 3 is 2.33 bits per heavy atom. The van der Waals surface area contributed by atoms with E-state index < -0.39 is 0 Å². The number of hydrogen-bond acceptors (Lipinski definition) is 0. The third kappa shape index (κ3) is 1.66. The first-order valence-electron chi connectivity index (χ1n) is 4.99. The van der Waals surface area contributed by atoms with E-state index in [4.69, 9.17) is 0 Å². The van der Waals surface area contributed by atoms with Crippen LogP contribution in [0.5, 0.6) is 0 Å². The van der Waals surface area contributed by atoms with Crippen molar-refractivity contribution in [1.82, 2.24) is 0 Å². The van der Waals surface area contributed by atoms with Crippen molar-refractivity contribution in [2.24, 2.45) is 16.7 Å². The molecule has 2 fully saturated rings. The van der Waals surface area contributed by atoms with Gasteiger partial charge in [0.15, 0.2) is 0 Å². The maximum atomic E-state index is 2.49. The van der Waals surface area contributed by atoms with Crippen LogP contribution in [0.25, 0.3) is 0 Å². The maximum absolute atomic E-state index is 2.49. The molecule has 0 aromatic heterocycles. The third-order valence-corrected chi connectivity index (χ3v) is 3.68. The molecule has 12 heavy (non-hydrogen) atoms. The van der Waals surface area contributed by atoms with Crippen molar-refractivity contribution in [3.05, 3.63) is 0 Å². The highest BCUT2D eigenvalue weighted by atomic mass is 16.0. The lowest BCUT2D eigenvalue weighted by Gasteiger charge is -2.40. The zero-order chi connectivity index (χ0) is 8.11. The summed E-state index contributed by atoms with van der Waals surface area (Å²) in [6.07, 6.45) is 7.50. The molecule has 2 unspecified atom stereocenters. The number of rotatable bonds is 0. The molecule has 0 aromatic carbocycles. The first-order chi connectivity index (χ1) is 4.99. The fourth-order valence-corrected chi connectivity index (χ4v) is 3.80. The van der Waals surface area contributed by atoms with E-state index in [1.807, 2.05) is 0 Å². The Morgan fingerprint density at radius 2 is 1.75 bits per heavy atom. The number of fused-ring (bicyclic) bond motifs is 2. The normalized spacial score (nSPS) is 43.8. The summed E-state index contributed by atoms with van der Waals surface area (Å²) in [7, 11) is 0. The molecule has 2 saturated carbocycles. The van der Waals surface area contributed by atoms with Crippen molar-refractivity contribution in [3.8, 4) is 0 Å². The molecule has 72 valence electrons. The largest absolute Gasteiger partial charge is 0.412 e. The lowest BCUT2D eigenvalue weighted by atomic mass is 9.65. The average molecular weight is 170 g/mol. The lowest BCUT2D eigenvalue weighted by molar-refractivity contribution is 0.108. The predicted octanol–water partition coefficient (Wildman–Crippen LogP) is 2.79. The molecule has 2 aliphatic rings. The second-order valence-electron chi connectivity index (χ2n) is 5.96. The highest BCUT2D eigenvalue weighted by Crippen LogP contribution is 2.57. The molecule has 2 atom stereocenters. The van der Waals surface area contributed by atoms with Crippen LogP contribution in [0.1, 0.15) is 52.9 Å². The molecule has 2 N–H and O–H groups in total. The average Bonchev–Trinajstić information content (AvgIpc) is 2.03. The van der Waals surface area contributed by atoms with Crippen LogP contribution in [0.3, 0.4) is 0 Å². The topological polar surface area (TPSA) is 31.5 Å². The van der Waals surface area contributed by atoms with E-state index in [1.165, 1.54) is 32.1 Å². The van der Waals surface area contributed by atoms with Gasteiger partial charge in [-0.25, -0.2) is 0 Å². The smallest absolute Gasteiger partial charge is 0.0318 e. The summed E-state index contributed by atoms with van der Waals surface area (Å²) in [6, 6.07) is 0. The Morgan fingerprint density at radius 1 is 1.08 bits per heavy atom. The van der Waals surface area contributed by atoms with Gasteiger partial charge in [-0.2, -0.15) is 0 Å². The highest BCUT2D eigenvalue weighted by molar-refractivity contribution is 4.96. The van der Waals surface area contributed by atoms with Crippen LogP contribution in [0.4, 0.5) is 0 Å². The van der Waals surface area contributed by atoms with Crippen LogP contribution in [0.15, 0.2) is 0 Å². The molecule has 0 heterocycles. The molecule has 1 heteroatoms. The molecule has 0 radical (unpaired) electrons. The van der Waals surface area contributed by atoms with Crippen molar-refractivity contribution in [2.75, 3.05) is 0 Å². The van der Waals surface area contributed by atoms with E-state index in [0.717, 1.165) is 11.3 Å². The first-order valence-corrected chi connectivity index (χ1v) is 4.99. The minimum Gasteiger partial charge on any atom is -0.412 e. The number of hydrogen-bond donors (Lipinski definition) is 0. The minimum absolute atomic E-state index is 0. The Bertz CT molecular complexity index is 174. The molecule has 0 saturated heterocycles. The summed E-state index contributed by atoms with van der Waals surface area (Å²) in [5.41, 5.74) is 1.38. The Kier molecular flexibility index (Phi) is 2.28. The van der Waals surface area contributed by atoms with Crippen LogP contribution in [0.2, 0.25) is 0 Å². The summed E-state index contributed by atoms with van der Waals surface area (Å²) >= 11 is 0. The standard InChI is InChI=1S/C11H20.H2O/c1-10(2)6-9-4-5-11(3,7-9)8-10;/h9H,4-8H2,1-3H3;1H2. The predicted molar refractivity (Wildman–Crippen MR) is 52.1 cm³/mol. The van der Waals surface area contributed by atoms with Gasteiger partial charge in [0, 0.05) is 0 Å². The zero-order valence-electron chi connectivity index (χ0n) is 8.61. The van der Waals surface area contributed by atoms with Crippen molar-refractivity contribution >= 4 is 0 Å². The van der Waals surface area contributed by atoms with Gasteiger partial charge in [-0.05, 0) is 48.9 Å². The highest BCUT2D eigenvalue weighted by Gasteiger charge is 2.45. The van der Waals surface area contributed by atoms with Crippen molar-refractivity contribution in [2.45, 2.75) is 52.9 Å². The molecule has 0 amide bonds. The van der Waals surface area contributed by atoms with Gasteiger partial charge in [-0.1, -0.05) is 20.8 Å². The van der Waals surface area contributed by atoms with E-state index >= 15 is 0 Å². The second-order valence-corrected chi connectivity index (χ2v) is 5.96. The van der Waals surface area contributed by atoms with E-state index in [9.17, 15) is 0 Å². The minimum atomic E-state index is 0.